The molecule has 0 radical (unpaired) electrons. The average molecular weight is 469 g/mol. The third kappa shape index (κ3) is 3.71. The van der Waals surface area contributed by atoms with Crippen LogP contribution in [0.5, 0.6) is 0 Å². The summed E-state index contributed by atoms with van der Waals surface area (Å²) in [6.45, 7) is 2.31. The molecule has 0 aliphatic rings. The summed E-state index contributed by atoms with van der Waals surface area (Å²) in [4.78, 5) is 31.5. The third-order valence-electron chi connectivity index (χ3n) is 5.09. The molecule has 5 rings (SSSR count). The van der Waals surface area contributed by atoms with Crippen molar-refractivity contribution in [1.82, 2.24) is 19.3 Å². The van der Waals surface area contributed by atoms with Crippen molar-refractivity contribution in [1.29, 1.82) is 0 Å². The van der Waals surface area contributed by atoms with E-state index in [-0.39, 0.29) is 11.1 Å². The SMILES string of the molecule is Cc1c2c(=O)n(-c3nc4ccccc4s3)[nH]c2cc(=O)n1CCSc1ccc(Cl)cc1. The number of halogens is 1. The maximum absolute atomic E-state index is 13.2. The highest BCUT2D eigenvalue weighted by atomic mass is 35.5. The second-order valence-corrected chi connectivity index (χ2v) is 9.64. The summed E-state index contributed by atoms with van der Waals surface area (Å²) < 4.78 is 4.08. The number of pyridine rings is 1. The summed E-state index contributed by atoms with van der Waals surface area (Å²) in [5, 5.41) is 4.82. The van der Waals surface area contributed by atoms with E-state index in [4.69, 9.17) is 11.6 Å². The van der Waals surface area contributed by atoms with Gasteiger partial charge in [0.25, 0.3) is 11.1 Å². The maximum Gasteiger partial charge on any atom is 0.282 e. The fourth-order valence-corrected chi connectivity index (χ4v) is 5.45. The van der Waals surface area contributed by atoms with Crippen LogP contribution in [-0.2, 0) is 6.54 Å². The monoisotopic (exact) mass is 468 g/mol. The maximum atomic E-state index is 13.2. The lowest BCUT2D eigenvalue weighted by atomic mass is 10.2. The zero-order chi connectivity index (χ0) is 21.5. The second kappa shape index (κ2) is 8.03. The van der Waals surface area contributed by atoms with Crippen molar-refractivity contribution in [3.8, 4) is 5.13 Å². The number of nitrogens with zero attached hydrogens (tertiary/aromatic N) is 3. The van der Waals surface area contributed by atoms with Gasteiger partial charge in [0.2, 0.25) is 5.13 Å². The van der Waals surface area contributed by atoms with Crippen molar-refractivity contribution in [3.05, 3.63) is 86.0 Å². The number of nitrogens with one attached hydrogen (secondary N) is 1. The van der Waals surface area contributed by atoms with Gasteiger partial charge in [0.05, 0.1) is 21.1 Å². The minimum absolute atomic E-state index is 0.139. The molecule has 3 heterocycles. The van der Waals surface area contributed by atoms with Crippen molar-refractivity contribution < 1.29 is 0 Å². The number of hydrogen-bond acceptors (Lipinski definition) is 5. The van der Waals surface area contributed by atoms with Crippen molar-refractivity contribution in [2.24, 2.45) is 0 Å². The van der Waals surface area contributed by atoms with Gasteiger partial charge in [-0.15, -0.1) is 11.8 Å². The Labute approximate surface area is 190 Å². The van der Waals surface area contributed by atoms with Crippen LogP contribution in [0.1, 0.15) is 5.69 Å². The van der Waals surface area contributed by atoms with Crippen LogP contribution >= 0.6 is 34.7 Å². The second-order valence-electron chi connectivity index (χ2n) is 7.03. The number of thioether (sulfide) groups is 1. The Balaban J connectivity index is 1.49. The van der Waals surface area contributed by atoms with E-state index < -0.39 is 0 Å². The molecule has 3 aromatic heterocycles. The lowest BCUT2D eigenvalue weighted by Crippen LogP contribution is -2.24. The highest BCUT2D eigenvalue weighted by molar-refractivity contribution is 7.99. The van der Waals surface area contributed by atoms with E-state index in [1.54, 1.807) is 16.3 Å². The first-order valence-electron chi connectivity index (χ1n) is 9.61. The van der Waals surface area contributed by atoms with Gasteiger partial charge in [-0.25, -0.2) is 4.98 Å². The summed E-state index contributed by atoms with van der Waals surface area (Å²) in [6, 6.07) is 16.8. The predicted molar refractivity (Wildman–Crippen MR) is 128 cm³/mol. The fraction of sp³-hybridized carbons (Fsp3) is 0.136. The number of fused-ring (bicyclic) bond motifs is 2. The zero-order valence-corrected chi connectivity index (χ0v) is 18.9. The normalized spacial score (nSPS) is 11.5. The lowest BCUT2D eigenvalue weighted by molar-refractivity contribution is 0.715. The number of rotatable bonds is 5. The van der Waals surface area contributed by atoms with Gasteiger partial charge >= 0.3 is 0 Å². The molecule has 0 spiro atoms. The van der Waals surface area contributed by atoms with Gasteiger partial charge in [0, 0.05) is 34.0 Å². The number of H-pyrrole nitrogens is 1. The molecule has 31 heavy (non-hydrogen) atoms. The molecule has 0 unspecified atom stereocenters. The van der Waals surface area contributed by atoms with Gasteiger partial charge in [-0.2, -0.15) is 4.68 Å². The highest BCUT2D eigenvalue weighted by Crippen LogP contribution is 2.25. The van der Waals surface area contributed by atoms with E-state index in [9.17, 15) is 9.59 Å². The molecule has 0 saturated heterocycles. The van der Waals surface area contributed by atoms with Crippen LogP contribution in [-0.4, -0.2) is 25.1 Å². The average Bonchev–Trinajstić information content (AvgIpc) is 3.32. The van der Waals surface area contributed by atoms with Gasteiger partial charge in [0.1, 0.15) is 0 Å². The molecule has 5 aromatic rings. The van der Waals surface area contributed by atoms with Crippen molar-refractivity contribution in [3.63, 3.8) is 0 Å². The van der Waals surface area contributed by atoms with Gasteiger partial charge in [0.15, 0.2) is 0 Å². The molecular weight excluding hydrogens is 452 g/mol. The first kappa shape index (κ1) is 20.1. The first-order valence-corrected chi connectivity index (χ1v) is 11.8. The van der Waals surface area contributed by atoms with Gasteiger partial charge in [-0.05, 0) is 43.3 Å². The molecule has 0 aliphatic heterocycles. The fourth-order valence-electron chi connectivity index (χ4n) is 3.56. The standard InChI is InChI=1S/C22H17ClN4O2S2/c1-13-20-17(12-19(28)26(13)10-11-30-15-8-6-14(23)7-9-15)25-27(21(20)29)22-24-16-4-2-3-5-18(16)31-22/h2-9,12,25H,10-11H2,1H3. The molecule has 0 aliphatic carbocycles. The molecule has 0 fully saturated rings. The molecule has 6 nitrogen and oxygen atoms in total. The molecule has 9 heteroatoms. The predicted octanol–water partition coefficient (Wildman–Crippen LogP) is 4.84. The van der Waals surface area contributed by atoms with Crippen LogP contribution < -0.4 is 11.1 Å². The number of benzene rings is 2. The molecule has 156 valence electrons. The Morgan fingerprint density at radius 3 is 2.68 bits per heavy atom. The van der Waals surface area contributed by atoms with Gasteiger partial charge < -0.3 is 4.57 Å². The number of hydrogen-bond donors (Lipinski definition) is 1. The number of aromatic amines is 1. The van der Waals surface area contributed by atoms with Crippen molar-refractivity contribution >= 4 is 55.8 Å². The summed E-state index contributed by atoms with van der Waals surface area (Å²) in [5.74, 6) is 0.699. The van der Waals surface area contributed by atoms with E-state index >= 15 is 0 Å². The Kier molecular flexibility index (Phi) is 5.21. The van der Waals surface area contributed by atoms with E-state index in [1.165, 1.54) is 22.1 Å². The van der Waals surface area contributed by atoms with Crippen molar-refractivity contribution in [2.45, 2.75) is 18.4 Å². The summed E-state index contributed by atoms with van der Waals surface area (Å²) in [6.07, 6.45) is 0. The lowest BCUT2D eigenvalue weighted by Gasteiger charge is -2.10. The van der Waals surface area contributed by atoms with Crippen LogP contribution in [0.4, 0.5) is 0 Å². The smallest absolute Gasteiger partial charge is 0.282 e. The molecule has 1 N–H and O–H groups in total. The Bertz CT molecular complexity index is 1500. The largest absolute Gasteiger partial charge is 0.311 e. The molecular formula is C22H17ClN4O2S2. The minimum atomic E-state index is -0.203. The topological polar surface area (TPSA) is 72.7 Å². The molecule has 0 atom stereocenters. The number of aromatic nitrogens is 4. The van der Waals surface area contributed by atoms with Gasteiger partial charge in [-0.3, -0.25) is 14.7 Å². The summed E-state index contributed by atoms with van der Waals surface area (Å²) in [5.41, 5.74) is 1.67. The molecule has 0 amide bonds. The minimum Gasteiger partial charge on any atom is -0.311 e. The number of thiazole rings is 1. The van der Waals surface area contributed by atoms with Crippen LogP contribution in [0.15, 0.2) is 69.1 Å². The quantitative estimate of drug-likeness (QED) is 0.374. The number of aryl methyl sites for hydroxylation is 1. The third-order valence-corrected chi connectivity index (χ3v) is 7.36. The van der Waals surface area contributed by atoms with Crippen LogP contribution in [0.25, 0.3) is 26.3 Å². The summed E-state index contributed by atoms with van der Waals surface area (Å²) >= 11 is 9.00. The zero-order valence-electron chi connectivity index (χ0n) is 16.5. The van der Waals surface area contributed by atoms with Crippen molar-refractivity contribution in [2.75, 3.05) is 5.75 Å². The van der Waals surface area contributed by atoms with E-state index in [2.05, 4.69) is 10.1 Å². The van der Waals surface area contributed by atoms with Crippen LogP contribution in [0.3, 0.4) is 0 Å². The number of para-hydroxylation sites is 1. The van der Waals surface area contributed by atoms with E-state index in [1.807, 2.05) is 55.5 Å². The highest BCUT2D eigenvalue weighted by Gasteiger charge is 2.17. The van der Waals surface area contributed by atoms with Crippen LogP contribution in [0, 0.1) is 6.92 Å². The molecule has 2 aromatic carbocycles. The Morgan fingerprint density at radius 1 is 1.13 bits per heavy atom. The summed E-state index contributed by atoms with van der Waals surface area (Å²) in [7, 11) is 0. The molecule has 0 saturated carbocycles. The Hall–Kier alpha value is -2.81. The van der Waals surface area contributed by atoms with E-state index in [0.717, 1.165) is 15.1 Å². The van der Waals surface area contributed by atoms with E-state index in [0.29, 0.717) is 39.0 Å². The Morgan fingerprint density at radius 2 is 1.90 bits per heavy atom. The van der Waals surface area contributed by atoms with Crippen LogP contribution in [0.2, 0.25) is 5.02 Å². The van der Waals surface area contributed by atoms with Gasteiger partial charge in [-0.1, -0.05) is 35.1 Å². The molecule has 0 bridgehead atoms. The first-order chi connectivity index (χ1) is 15.0.